The van der Waals surface area contributed by atoms with Gasteiger partial charge >= 0.3 is 0 Å². The van der Waals surface area contributed by atoms with Gasteiger partial charge in [-0.1, -0.05) is 133 Å². The van der Waals surface area contributed by atoms with Crippen molar-refractivity contribution in [3.8, 4) is 33.6 Å². The molecule has 3 aromatic heterocycles. The van der Waals surface area contributed by atoms with Gasteiger partial charge in [0.25, 0.3) is 0 Å². The van der Waals surface area contributed by atoms with Crippen molar-refractivity contribution in [3.05, 3.63) is 182 Å². The maximum absolute atomic E-state index is 6.41. The number of hydrogen-bond donors (Lipinski definition) is 0. The highest BCUT2D eigenvalue weighted by atomic mass is 16.3. The lowest BCUT2D eigenvalue weighted by atomic mass is 10.00. The maximum Gasteiger partial charge on any atom is 0.137 e. The Labute approximate surface area is 293 Å². The molecule has 3 heteroatoms. The lowest BCUT2D eigenvalue weighted by molar-refractivity contribution is 0.668. The maximum atomic E-state index is 6.41. The van der Waals surface area contributed by atoms with Crippen molar-refractivity contribution >= 4 is 65.6 Å². The van der Waals surface area contributed by atoms with Gasteiger partial charge in [0.1, 0.15) is 11.2 Å². The molecule has 238 valence electrons. The van der Waals surface area contributed by atoms with Gasteiger partial charge in [-0.15, -0.1) is 0 Å². The molecule has 11 aromatic rings. The fraction of sp³-hybridized carbons (Fsp3) is 0. The van der Waals surface area contributed by atoms with Crippen molar-refractivity contribution in [2.75, 3.05) is 0 Å². The van der Waals surface area contributed by atoms with Crippen LogP contribution in [0.4, 0.5) is 0 Å². The van der Waals surface area contributed by atoms with Crippen molar-refractivity contribution in [2.45, 2.75) is 0 Å². The molecule has 3 nitrogen and oxygen atoms in total. The van der Waals surface area contributed by atoms with Crippen LogP contribution >= 0.6 is 0 Å². The number of fused-ring (bicyclic) bond motifs is 10. The number of furan rings is 1. The lowest BCUT2D eigenvalue weighted by Gasteiger charge is -2.14. The van der Waals surface area contributed by atoms with Crippen molar-refractivity contribution < 1.29 is 4.42 Å². The Morgan fingerprint density at radius 1 is 0.294 bits per heavy atom. The van der Waals surface area contributed by atoms with Gasteiger partial charge in [0.15, 0.2) is 0 Å². The zero-order valence-electron chi connectivity index (χ0n) is 27.6. The third kappa shape index (κ3) is 4.19. The SMILES string of the molecule is c1ccc(-c2ccc(-c3cccc(-n4c5ccccc5c5ccc6c7ccccc7n(-c7ccc8c(c7)oc7ccccc78)c6c54)c3)cc2)cc1. The predicted octanol–water partition coefficient (Wildman–Crippen LogP) is 13.1. The molecule has 0 bridgehead atoms. The molecule has 0 radical (unpaired) electrons. The van der Waals surface area contributed by atoms with E-state index in [1.165, 1.54) is 65.9 Å². The first kappa shape index (κ1) is 28.0. The average molecular weight is 651 g/mol. The van der Waals surface area contributed by atoms with Gasteiger partial charge in [0.2, 0.25) is 0 Å². The molecule has 0 aliphatic rings. The van der Waals surface area contributed by atoms with Crippen LogP contribution in [0.15, 0.2) is 186 Å². The molecule has 0 atom stereocenters. The smallest absolute Gasteiger partial charge is 0.137 e. The molecular weight excluding hydrogens is 621 g/mol. The van der Waals surface area contributed by atoms with Gasteiger partial charge in [-0.2, -0.15) is 0 Å². The highest BCUT2D eigenvalue weighted by molar-refractivity contribution is 6.24. The lowest BCUT2D eigenvalue weighted by Crippen LogP contribution is -1.99. The minimum atomic E-state index is 0.887. The van der Waals surface area contributed by atoms with Crippen LogP contribution in [0.25, 0.3) is 99.2 Å². The fourth-order valence-electron chi connectivity index (χ4n) is 8.20. The summed E-state index contributed by atoms with van der Waals surface area (Å²) >= 11 is 0. The van der Waals surface area contributed by atoms with E-state index in [0.29, 0.717) is 0 Å². The van der Waals surface area contributed by atoms with E-state index in [9.17, 15) is 0 Å². The molecule has 0 saturated heterocycles. The monoisotopic (exact) mass is 650 g/mol. The number of hydrogen-bond acceptors (Lipinski definition) is 1. The zero-order valence-corrected chi connectivity index (χ0v) is 27.6. The first-order chi connectivity index (χ1) is 25.3. The molecule has 0 fully saturated rings. The summed E-state index contributed by atoms with van der Waals surface area (Å²) in [6.45, 7) is 0. The van der Waals surface area contributed by atoms with Gasteiger partial charge < -0.3 is 13.6 Å². The summed E-state index contributed by atoms with van der Waals surface area (Å²) in [4.78, 5) is 0. The molecular formula is C48H30N2O. The second-order valence-corrected chi connectivity index (χ2v) is 13.3. The minimum Gasteiger partial charge on any atom is -0.456 e. The zero-order chi connectivity index (χ0) is 33.5. The van der Waals surface area contributed by atoms with E-state index >= 15 is 0 Å². The summed E-state index contributed by atoms with van der Waals surface area (Å²) in [6, 6.07) is 65.5. The minimum absolute atomic E-state index is 0.887. The van der Waals surface area contributed by atoms with Crippen LogP contribution in [0.5, 0.6) is 0 Å². The largest absolute Gasteiger partial charge is 0.456 e. The molecule has 3 heterocycles. The summed E-state index contributed by atoms with van der Waals surface area (Å²) in [5.74, 6) is 0. The van der Waals surface area contributed by atoms with E-state index in [1.54, 1.807) is 0 Å². The third-order valence-corrected chi connectivity index (χ3v) is 10.5. The first-order valence-corrected chi connectivity index (χ1v) is 17.4. The van der Waals surface area contributed by atoms with Crippen LogP contribution in [0.2, 0.25) is 0 Å². The topological polar surface area (TPSA) is 23.0 Å². The number of nitrogens with zero attached hydrogens (tertiary/aromatic N) is 2. The van der Waals surface area contributed by atoms with Crippen molar-refractivity contribution in [2.24, 2.45) is 0 Å². The van der Waals surface area contributed by atoms with Crippen molar-refractivity contribution in [3.63, 3.8) is 0 Å². The first-order valence-electron chi connectivity index (χ1n) is 17.4. The highest BCUT2D eigenvalue weighted by Crippen LogP contribution is 2.42. The van der Waals surface area contributed by atoms with E-state index in [2.05, 4.69) is 179 Å². The van der Waals surface area contributed by atoms with Crippen molar-refractivity contribution in [1.29, 1.82) is 0 Å². The second-order valence-electron chi connectivity index (χ2n) is 13.3. The number of benzene rings is 8. The molecule has 0 unspecified atom stereocenters. The fourth-order valence-corrected chi connectivity index (χ4v) is 8.20. The van der Waals surface area contributed by atoms with Gasteiger partial charge in [0.05, 0.1) is 27.8 Å². The van der Waals surface area contributed by atoms with Gasteiger partial charge in [0, 0.05) is 44.1 Å². The summed E-state index contributed by atoms with van der Waals surface area (Å²) in [5, 5.41) is 7.17. The number of rotatable bonds is 4. The van der Waals surface area contributed by atoms with E-state index in [1.807, 2.05) is 12.1 Å². The van der Waals surface area contributed by atoms with E-state index in [0.717, 1.165) is 33.3 Å². The molecule has 51 heavy (non-hydrogen) atoms. The van der Waals surface area contributed by atoms with Crippen LogP contribution in [0.1, 0.15) is 0 Å². The van der Waals surface area contributed by atoms with Crippen LogP contribution in [-0.2, 0) is 0 Å². The van der Waals surface area contributed by atoms with Gasteiger partial charge in [-0.05, 0) is 64.7 Å². The molecule has 0 N–H and O–H groups in total. The Hall–Kier alpha value is -6.84. The molecule has 11 rings (SSSR count). The van der Waals surface area contributed by atoms with Crippen LogP contribution in [-0.4, -0.2) is 9.13 Å². The normalized spacial score (nSPS) is 11.9. The summed E-state index contributed by atoms with van der Waals surface area (Å²) < 4.78 is 11.3. The number of para-hydroxylation sites is 3. The summed E-state index contributed by atoms with van der Waals surface area (Å²) in [5.41, 5.74) is 13.5. The Bertz CT molecular complexity index is 3120. The Balaban J connectivity index is 1.19. The van der Waals surface area contributed by atoms with Gasteiger partial charge in [-0.3, -0.25) is 0 Å². The van der Waals surface area contributed by atoms with Crippen molar-refractivity contribution in [1.82, 2.24) is 9.13 Å². The average Bonchev–Trinajstić information content (AvgIpc) is 3.86. The molecule has 0 saturated carbocycles. The molecule has 0 spiro atoms. The highest BCUT2D eigenvalue weighted by Gasteiger charge is 2.22. The van der Waals surface area contributed by atoms with Crippen LogP contribution in [0.3, 0.4) is 0 Å². The Kier molecular flexibility index (Phi) is 5.96. The summed E-state index contributed by atoms with van der Waals surface area (Å²) in [6.07, 6.45) is 0. The number of aromatic nitrogens is 2. The van der Waals surface area contributed by atoms with Crippen LogP contribution in [0, 0.1) is 0 Å². The third-order valence-electron chi connectivity index (χ3n) is 10.5. The standard InChI is InChI=1S/C48H30N2O/c1-2-11-31(12-3-1)32-21-23-33(24-22-32)34-13-10-14-35(29-34)49-43-18-7-4-15-37(43)41-27-28-42-38-16-5-8-19-44(38)50(48(42)47(41)49)36-25-26-40-39-17-6-9-20-45(39)51-46(40)30-36/h1-30H. The molecule has 0 aliphatic carbocycles. The van der Waals surface area contributed by atoms with E-state index in [-0.39, 0.29) is 0 Å². The van der Waals surface area contributed by atoms with E-state index in [4.69, 9.17) is 4.42 Å². The predicted molar refractivity (Wildman–Crippen MR) is 213 cm³/mol. The Morgan fingerprint density at radius 2 is 0.784 bits per heavy atom. The summed E-state index contributed by atoms with van der Waals surface area (Å²) in [7, 11) is 0. The second kappa shape index (κ2) is 10.8. The molecule has 0 aliphatic heterocycles. The molecule has 0 amide bonds. The van der Waals surface area contributed by atoms with Crippen LogP contribution < -0.4 is 0 Å². The Morgan fingerprint density at radius 3 is 1.47 bits per heavy atom. The van der Waals surface area contributed by atoms with Gasteiger partial charge in [-0.25, -0.2) is 0 Å². The molecule has 8 aromatic carbocycles. The quantitative estimate of drug-likeness (QED) is 0.186. The van der Waals surface area contributed by atoms with E-state index < -0.39 is 0 Å².